The second-order valence-corrected chi connectivity index (χ2v) is 12.2. The van der Waals surface area contributed by atoms with E-state index < -0.39 is 34.3 Å². The van der Waals surface area contributed by atoms with Crippen molar-refractivity contribution >= 4 is 27.5 Å². The van der Waals surface area contributed by atoms with Crippen molar-refractivity contribution in [3.63, 3.8) is 0 Å². The van der Waals surface area contributed by atoms with Crippen molar-refractivity contribution in [2.75, 3.05) is 17.4 Å². The van der Waals surface area contributed by atoms with E-state index in [-0.39, 0.29) is 23.8 Å². The van der Waals surface area contributed by atoms with Crippen molar-refractivity contribution < 1.29 is 22.4 Å². The zero-order valence-corrected chi connectivity index (χ0v) is 25.4. The summed E-state index contributed by atoms with van der Waals surface area (Å²) < 4.78 is 43.0. The largest absolute Gasteiger partial charge is 0.355 e. The van der Waals surface area contributed by atoms with E-state index in [1.807, 2.05) is 43.3 Å². The van der Waals surface area contributed by atoms with Crippen LogP contribution in [0.15, 0.2) is 108 Å². The van der Waals surface area contributed by atoms with Gasteiger partial charge in [-0.1, -0.05) is 78.4 Å². The fraction of sp³-hybridized carbons (Fsp3) is 0.235. The highest BCUT2D eigenvalue weighted by atomic mass is 32.2. The molecule has 1 atom stereocenters. The molecule has 2 amide bonds. The molecule has 0 saturated carbocycles. The molecular formula is C34H36FN3O4S. The maximum atomic E-state index is 14.4. The number of nitrogens with zero attached hydrogens (tertiary/aromatic N) is 2. The lowest BCUT2D eigenvalue weighted by Crippen LogP contribution is -2.53. The van der Waals surface area contributed by atoms with Gasteiger partial charge in [0.25, 0.3) is 10.0 Å². The summed E-state index contributed by atoms with van der Waals surface area (Å²) in [7, 11) is -4.18. The minimum Gasteiger partial charge on any atom is -0.355 e. The molecular weight excluding hydrogens is 565 g/mol. The number of anilines is 1. The third-order valence-corrected chi connectivity index (χ3v) is 8.89. The van der Waals surface area contributed by atoms with Crippen molar-refractivity contribution in [1.82, 2.24) is 10.2 Å². The Morgan fingerprint density at radius 2 is 1.47 bits per heavy atom. The van der Waals surface area contributed by atoms with Crippen LogP contribution in [0.1, 0.15) is 29.2 Å². The van der Waals surface area contributed by atoms with E-state index in [0.717, 1.165) is 15.4 Å². The number of nitrogens with one attached hydrogen (secondary N) is 1. The van der Waals surface area contributed by atoms with E-state index in [9.17, 15) is 22.4 Å². The predicted molar refractivity (Wildman–Crippen MR) is 166 cm³/mol. The van der Waals surface area contributed by atoms with Crippen LogP contribution in [0, 0.1) is 19.7 Å². The zero-order valence-electron chi connectivity index (χ0n) is 24.5. The Morgan fingerprint density at radius 1 is 0.837 bits per heavy atom. The van der Waals surface area contributed by atoms with Crippen LogP contribution < -0.4 is 9.62 Å². The standard InChI is InChI=1S/C34H36FN3O4S/c1-4-36-34(40)32(22-27-11-7-5-8-12-27)37(23-28-16-18-29(35)19-17-28)33(39)24-38(31-20-15-25(2)21-26(31)3)43(41,42)30-13-9-6-10-14-30/h5-21,32H,4,22-24H2,1-3H3,(H,36,40). The third-order valence-electron chi connectivity index (χ3n) is 7.12. The van der Waals surface area contributed by atoms with Gasteiger partial charge in [-0.15, -0.1) is 0 Å². The molecule has 43 heavy (non-hydrogen) atoms. The smallest absolute Gasteiger partial charge is 0.264 e. The van der Waals surface area contributed by atoms with Crippen LogP contribution in [0.5, 0.6) is 0 Å². The summed E-state index contributed by atoms with van der Waals surface area (Å²) in [6, 6.07) is 27.3. The topological polar surface area (TPSA) is 86.8 Å². The first-order chi connectivity index (χ1) is 20.6. The lowest BCUT2D eigenvalue weighted by molar-refractivity contribution is -0.140. The first-order valence-corrected chi connectivity index (χ1v) is 15.5. The second kappa shape index (κ2) is 14.1. The third kappa shape index (κ3) is 7.87. The van der Waals surface area contributed by atoms with Gasteiger partial charge in [0.15, 0.2) is 0 Å². The molecule has 0 aliphatic rings. The molecule has 4 rings (SSSR count). The Kier molecular flexibility index (Phi) is 10.3. The molecule has 0 bridgehead atoms. The first-order valence-electron chi connectivity index (χ1n) is 14.1. The van der Waals surface area contributed by atoms with Gasteiger partial charge in [-0.05, 0) is 67.8 Å². The summed E-state index contributed by atoms with van der Waals surface area (Å²) in [5, 5.41) is 2.83. The monoisotopic (exact) mass is 601 g/mol. The van der Waals surface area contributed by atoms with Gasteiger partial charge in [-0.2, -0.15) is 0 Å². The molecule has 0 saturated heterocycles. The van der Waals surface area contributed by atoms with E-state index in [1.54, 1.807) is 56.3 Å². The van der Waals surface area contributed by atoms with E-state index in [1.165, 1.54) is 29.2 Å². The number of benzene rings is 4. The minimum atomic E-state index is -4.18. The van der Waals surface area contributed by atoms with E-state index >= 15 is 0 Å². The molecule has 0 spiro atoms. The van der Waals surface area contributed by atoms with E-state index in [0.29, 0.717) is 23.4 Å². The highest BCUT2D eigenvalue weighted by Crippen LogP contribution is 2.28. The Labute approximate surface area is 253 Å². The van der Waals surface area contributed by atoms with Gasteiger partial charge in [0.1, 0.15) is 18.4 Å². The van der Waals surface area contributed by atoms with Crippen molar-refractivity contribution in [2.45, 2.75) is 44.7 Å². The number of amides is 2. The van der Waals surface area contributed by atoms with Gasteiger partial charge in [-0.25, -0.2) is 12.8 Å². The van der Waals surface area contributed by atoms with Crippen molar-refractivity contribution in [2.24, 2.45) is 0 Å². The van der Waals surface area contributed by atoms with Crippen molar-refractivity contribution in [3.8, 4) is 0 Å². The van der Waals surface area contributed by atoms with Gasteiger partial charge >= 0.3 is 0 Å². The highest BCUT2D eigenvalue weighted by Gasteiger charge is 2.34. The molecule has 7 nitrogen and oxygen atoms in total. The van der Waals surface area contributed by atoms with E-state index in [4.69, 9.17) is 0 Å². The quantitative estimate of drug-likeness (QED) is 0.235. The molecule has 0 fully saturated rings. The summed E-state index contributed by atoms with van der Waals surface area (Å²) in [6.07, 6.45) is 0.203. The van der Waals surface area contributed by atoms with Crippen LogP contribution >= 0.6 is 0 Å². The van der Waals surface area contributed by atoms with Crippen LogP contribution in [0.2, 0.25) is 0 Å². The Bertz CT molecular complexity index is 1650. The maximum Gasteiger partial charge on any atom is 0.264 e. The molecule has 4 aromatic rings. The average molecular weight is 602 g/mol. The van der Waals surface area contributed by atoms with Crippen LogP contribution in [0.4, 0.5) is 10.1 Å². The number of halogens is 1. The number of hydrogen-bond donors (Lipinski definition) is 1. The van der Waals surface area contributed by atoms with Crippen LogP contribution in [0.25, 0.3) is 0 Å². The van der Waals surface area contributed by atoms with Crippen molar-refractivity contribution in [1.29, 1.82) is 0 Å². The summed E-state index contributed by atoms with van der Waals surface area (Å²) in [5.74, 6) is -1.37. The van der Waals surface area contributed by atoms with Gasteiger partial charge < -0.3 is 10.2 Å². The Balaban J connectivity index is 1.81. The fourth-order valence-electron chi connectivity index (χ4n) is 4.95. The number of aryl methyl sites for hydroxylation is 2. The van der Waals surface area contributed by atoms with Crippen LogP contribution in [-0.2, 0) is 32.6 Å². The summed E-state index contributed by atoms with van der Waals surface area (Å²) in [5.41, 5.74) is 3.42. The molecule has 0 radical (unpaired) electrons. The molecule has 0 aromatic heterocycles. The predicted octanol–water partition coefficient (Wildman–Crippen LogP) is 5.41. The van der Waals surface area contributed by atoms with Gasteiger partial charge in [0.05, 0.1) is 10.6 Å². The summed E-state index contributed by atoms with van der Waals surface area (Å²) in [6.45, 7) is 5.26. The lowest BCUT2D eigenvalue weighted by atomic mass is 10.0. The van der Waals surface area contributed by atoms with Crippen LogP contribution in [-0.4, -0.2) is 44.3 Å². The number of carbonyl (C=O) groups excluding carboxylic acids is 2. The SMILES string of the molecule is CCNC(=O)C(Cc1ccccc1)N(Cc1ccc(F)cc1)C(=O)CN(c1ccc(C)cc1C)S(=O)(=O)c1ccccc1. The maximum absolute atomic E-state index is 14.4. The molecule has 0 aliphatic heterocycles. The highest BCUT2D eigenvalue weighted by molar-refractivity contribution is 7.92. The Morgan fingerprint density at radius 3 is 2.07 bits per heavy atom. The fourth-order valence-corrected chi connectivity index (χ4v) is 6.45. The molecule has 4 aromatic carbocycles. The van der Waals surface area contributed by atoms with Gasteiger partial charge in [0, 0.05) is 19.5 Å². The number of sulfonamides is 1. The molecule has 0 aliphatic carbocycles. The van der Waals surface area contributed by atoms with E-state index in [2.05, 4.69) is 5.32 Å². The summed E-state index contributed by atoms with van der Waals surface area (Å²) in [4.78, 5) is 29.3. The Hall–Kier alpha value is -4.50. The molecule has 0 heterocycles. The van der Waals surface area contributed by atoms with Gasteiger partial charge in [0.2, 0.25) is 11.8 Å². The number of likely N-dealkylation sites (N-methyl/N-ethyl adjacent to an activating group) is 1. The van der Waals surface area contributed by atoms with Crippen LogP contribution in [0.3, 0.4) is 0 Å². The minimum absolute atomic E-state index is 0.0279. The number of hydrogen-bond acceptors (Lipinski definition) is 4. The lowest BCUT2D eigenvalue weighted by Gasteiger charge is -2.34. The molecule has 224 valence electrons. The molecule has 1 N–H and O–H groups in total. The zero-order chi connectivity index (χ0) is 31.0. The number of carbonyl (C=O) groups is 2. The summed E-state index contributed by atoms with van der Waals surface area (Å²) >= 11 is 0. The molecule has 1 unspecified atom stereocenters. The average Bonchev–Trinajstić information content (AvgIpc) is 3.00. The number of rotatable bonds is 12. The van der Waals surface area contributed by atoms with Crippen molar-refractivity contribution in [3.05, 3.63) is 131 Å². The second-order valence-electron chi connectivity index (χ2n) is 10.4. The van der Waals surface area contributed by atoms with Gasteiger partial charge in [-0.3, -0.25) is 13.9 Å². The normalized spacial score (nSPS) is 11.9. The molecule has 9 heteroatoms. The first kappa shape index (κ1) is 31.4.